The van der Waals surface area contributed by atoms with Crippen molar-refractivity contribution in [1.82, 2.24) is 0 Å². The zero-order valence-corrected chi connectivity index (χ0v) is 12.4. The molecule has 0 saturated heterocycles. The average Bonchev–Trinajstić information content (AvgIpc) is 2.34. The first-order valence-corrected chi connectivity index (χ1v) is 6.71. The molecule has 1 amide bonds. The van der Waals surface area contributed by atoms with Crippen molar-refractivity contribution >= 4 is 33.2 Å². The van der Waals surface area contributed by atoms with Crippen molar-refractivity contribution in [1.29, 1.82) is 0 Å². The number of hydrogen-bond acceptors (Lipinski definition) is 2. The van der Waals surface area contributed by atoms with E-state index in [1.54, 1.807) is 6.07 Å². The summed E-state index contributed by atoms with van der Waals surface area (Å²) >= 11 is 3.39. The number of nitrogen functional groups attached to an aromatic ring is 1. The number of nitrogens with two attached hydrogens (primary N) is 1. The van der Waals surface area contributed by atoms with Gasteiger partial charge in [-0.1, -0.05) is 22.0 Å². The van der Waals surface area contributed by atoms with E-state index in [1.807, 2.05) is 44.2 Å². The lowest BCUT2D eigenvalue weighted by atomic mass is 10.1. The molecular weight excluding hydrogens is 304 g/mol. The molecule has 0 fully saturated rings. The van der Waals surface area contributed by atoms with Crippen LogP contribution in [0.2, 0.25) is 0 Å². The third kappa shape index (κ3) is 2.96. The highest BCUT2D eigenvalue weighted by Gasteiger charge is 2.11. The molecule has 0 saturated carbocycles. The Morgan fingerprint density at radius 2 is 1.95 bits per heavy atom. The van der Waals surface area contributed by atoms with Gasteiger partial charge in [-0.2, -0.15) is 0 Å². The molecule has 2 aromatic rings. The summed E-state index contributed by atoms with van der Waals surface area (Å²) in [6, 6.07) is 11.1. The number of carbonyl (C=O) groups is 1. The second kappa shape index (κ2) is 5.45. The fraction of sp³-hybridized carbons (Fsp3) is 0.133. The maximum atomic E-state index is 12.2. The number of rotatable bonds is 2. The van der Waals surface area contributed by atoms with Gasteiger partial charge in [0.2, 0.25) is 0 Å². The van der Waals surface area contributed by atoms with E-state index in [-0.39, 0.29) is 5.91 Å². The average molecular weight is 319 g/mol. The van der Waals surface area contributed by atoms with Gasteiger partial charge in [-0.3, -0.25) is 4.79 Å². The Morgan fingerprint density at radius 3 is 2.63 bits per heavy atom. The number of nitrogens with one attached hydrogen (secondary N) is 1. The van der Waals surface area contributed by atoms with E-state index in [1.165, 1.54) is 0 Å². The number of hydrogen-bond donors (Lipinski definition) is 2. The predicted octanol–water partition coefficient (Wildman–Crippen LogP) is 3.90. The highest BCUT2D eigenvalue weighted by atomic mass is 79.9. The van der Waals surface area contributed by atoms with Crippen LogP contribution in [0.1, 0.15) is 21.5 Å². The first-order chi connectivity index (χ1) is 8.99. The van der Waals surface area contributed by atoms with Gasteiger partial charge in [0, 0.05) is 21.4 Å². The molecule has 0 bridgehead atoms. The van der Waals surface area contributed by atoms with Crippen LogP contribution in [0.5, 0.6) is 0 Å². The van der Waals surface area contributed by atoms with E-state index >= 15 is 0 Å². The molecule has 0 aromatic heterocycles. The second-order valence-electron chi connectivity index (χ2n) is 4.43. The van der Waals surface area contributed by atoms with E-state index in [2.05, 4.69) is 21.2 Å². The van der Waals surface area contributed by atoms with Gasteiger partial charge in [-0.15, -0.1) is 0 Å². The number of aryl methyl sites for hydroxylation is 1. The second-order valence-corrected chi connectivity index (χ2v) is 5.35. The molecule has 0 unspecified atom stereocenters. The van der Waals surface area contributed by atoms with Crippen molar-refractivity contribution in [3.8, 4) is 0 Å². The van der Waals surface area contributed by atoms with Gasteiger partial charge in [0.25, 0.3) is 5.91 Å². The molecule has 3 nitrogen and oxygen atoms in total. The molecule has 0 radical (unpaired) electrons. The first-order valence-electron chi connectivity index (χ1n) is 5.91. The zero-order chi connectivity index (χ0) is 14.0. The van der Waals surface area contributed by atoms with Gasteiger partial charge < -0.3 is 11.1 Å². The van der Waals surface area contributed by atoms with Crippen LogP contribution in [0.25, 0.3) is 0 Å². The summed E-state index contributed by atoms with van der Waals surface area (Å²) in [5.41, 5.74) is 9.70. The van der Waals surface area contributed by atoms with E-state index in [0.717, 1.165) is 21.3 Å². The minimum atomic E-state index is -0.126. The van der Waals surface area contributed by atoms with Gasteiger partial charge in [0.05, 0.1) is 0 Å². The first kappa shape index (κ1) is 13.6. The number of carbonyl (C=O) groups excluding carboxylic acids is 1. The molecule has 98 valence electrons. The number of halogens is 1. The van der Waals surface area contributed by atoms with E-state index in [9.17, 15) is 4.79 Å². The molecule has 4 heteroatoms. The smallest absolute Gasteiger partial charge is 0.255 e. The summed E-state index contributed by atoms with van der Waals surface area (Å²) in [7, 11) is 0. The third-order valence-corrected chi connectivity index (χ3v) is 3.55. The quantitative estimate of drug-likeness (QED) is 0.825. The fourth-order valence-corrected chi connectivity index (χ4v) is 2.34. The highest BCUT2D eigenvalue weighted by molar-refractivity contribution is 9.10. The Bertz CT molecular complexity index is 638. The largest absolute Gasteiger partial charge is 0.398 e. The van der Waals surface area contributed by atoms with Gasteiger partial charge in [0.15, 0.2) is 0 Å². The molecule has 0 heterocycles. The van der Waals surface area contributed by atoms with Crippen molar-refractivity contribution in [2.45, 2.75) is 13.8 Å². The number of amides is 1. The lowest BCUT2D eigenvalue weighted by Gasteiger charge is -2.11. The summed E-state index contributed by atoms with van der Waals surface area (Å²) in [6.07, 6.45) is 0. The summed E-state index contributed by atoms with van der Waals surface area (Å²) < 4.78 is 0.960. The van der Waals surface area contributed by atoms with Crippen molar-refractivity contribution in [2.24, 2.45) is 0 Å². The van der Waals surface area contributed by atoms with Gasteiger partial charge in [-0.05, 0) is 55.3 Å². The van der Waals surface area contributed by atoms with Crippen LogP contribution < -0.4 is 11.1 Å². The summed E-state index contributed by atoms with van der Waals surface area (Å²) in [5.74, 6) is -0.126. The summed E-state index contributed by atoms with van der Waals surface area (Å²) in [4.78, 5) is 12.2. The Labute approximate surface area is 121 Å². The molecule has 0 atom stereocenters. The molecule has 2 rings (SSSR count). The Balaban J connectivity index is 2.28. The Morgan fingerprint density at radius 1 is 1.21 bits per heavy atom. The van der Waals surface area contributed by atoms with Crippen molar-refractivity contribution in [2.75, 3.05) is 11.1 Å². The molecule has 0 aliphatic heterocycles. The molecule has 0 aliphatic carbocycles. The van der Waals surface area contributed by atoms with E-state index in [4.69, 9.17) is 5.73 Å². The topological polar surface area (TPSA) is 55.1 Å². The van der Waals surface area contributed by atoms with Gasteiger partial charge in [-0.25, -0.2) is 0 Å². The van der Waals surface area contributed by atoms with Crippen LogP contribution in [0.3, 0.4) is 0 Å². The van der Waals surface area contributed by atoms with Crippen LogP contribution in [-0.2, 0) is 0 Å². The van der Waals surface area contributed by atoms with Crippen molar-refractivity contribution in [3.05, 3.63) is 57.6 Å². The Kier molecular flexibility index (Phi) is 3.90. The summed E-state index contributed by atoms with van der Waals surface area (Å²) in [5, 5.41) is 2.89. The van der Waals surface area contributed by atoms with Crippen LogP contribution in [0, 0.1) is 13.8 Å². The van der Waals surface area contributed by atoms with Crippen LogP contribution >= 0.6 is 15.9 Å². The zero-order valence-electron chi connectivity index (χ0n) is 10.8. The number of anilines is 2. The molecule has 2 aromatic carbocycles. The summed E-state index contributed by atoms with van der Waals surface area (Å²) in [6.45, 7) is 3.80. The van der Waals surface area contributed by atoms with Gasteiger partial charge >= 0.3 is 0 Å². The SMILES string of the molecule is Cc1cc(Br)ccc1C(=O)Nc1cccc(N)c1C. The van der Waals surface area contributed by atoms with Crippen molar-refractivity contribution in [3.63, 3.8) is 0 Å². The normalized spacial score (nSPS) is 10.3. The van der Waals surface area contributed by atoms with Crippen LogP contribution in [0.15, 0.2) is 40.9 Å². The van der Waals surface area contributed by atoms with Gasteiger partial charge in [0.1, 0.15) is 0 Å². The van der Waals surface area contributed by atoms with E-state index < -0.39 is 0 Å². The van der Waals surface area contributed by atoms with Crippen LogP contribution in [-0.4, -0.2) is 5.91 Å². The standard InChI is InChI=1S/C15H15BrN2O/c1-9-8-11(16)6-7-12(9)15(19)18-14-5-3-4-13(17)10(14)2/h3-8H,17H2,1-2H3,(H,18,19). The van der Waals surface area contributed by atoms with Crippen LogP contribution in [0.4, 0.5) is 11.4 Å². The monoisotopic (exact) mass is 318 g/mol. The lowest BCUT2D eigenvalue weighted by Crippen LogP contribution is -2.14. The molecule has 19 heavy (non-hydrogen) atoms. The molecular formula is C15H15BrN2O. The number of benzene rings is 2. The predicted molar refractivity (Wildman–Crippen MR) is 82.4 cm³/mol. The maximum absolute atomic E-state index is 12.2. The molecule has 0 aliphatic rings. The maximum Gasteiger partial charge on any atom is 0.255 e. The Hall–Kier alpha value is -1.81. The minimum Gasteiger partial charge on any atom is -0.398 e. The third-order valence-electron chi connectivity index (χ3n) is 3.06. The highest BCUT2D eigenvalue weighted by Crippen LogP contribution is 2.22. The molecule has 3 N–H and O–H groups in total. The lowest BCUT2D eigenvalue weighted by molar-refractivity contribution is 0.102. The fourth-order valence-electron chi connectivity index (χ4n) is 1.86. The van der Waals surface area contributed by atoms with Crippen molar-refractivity contribution < 1.29 is 4.79 Å². The van der Waals surface area contributed by atoms with E-state index in [0.29, 0.717) is 11.3 Å². The minimum absolute atomic E-state index is 0.126. The molecule has 0 spiro atoms.